The van der Waals surface area contributed by atoms with E-state index >= 15 is 0 Å². The zero-order chi connectivity index (χ0) is 13.1. The van der Waals surface area contributed by atoms with Gasteiger partial charge in [-0.3, -0.25) is 6.08 Å². The van der Waals surface area contributed by atoms with E-state index in [0.717, 1.165) is 6.42 Å². The molecule has 3 rings (SSSR count). The van der Waals surface area contributed by atoms with Crippen LogP contribution < -0.4 is 30.1 Å². The van der Waals surface area contributed by atoms with Crippen LogP contribution in [-0.4, -0.2) is 6.16 Å². The van der Waals surface area contributed by atoms with Gasteiger partial charge in [0.05, 0.1) is 0 Å². The van der Waals surface area contributed by atoms with E-state index < -0.39 is 0 Å². The summed E-state index contributed by atoms with van der Waals surface area (Å²) in [5.74, 6) is 0. The van der Waals surface area contributed by atoms with Crippen LogP contribution in [0.5, 0.6) is 0 Å². The molecule has 0 fully saturated rings. The average molecular weight is 428 g/mol. The normalized spacial score (nSPS) is 13.8. The summed E-state index contributed by atoms with van der Waals surface area (Å²) in [5.41, 5.74) is 0. The second-order valence-corrected chi connectivity index (χ2v) is 7.25. The van der Waals surface area contributed by atoms with E-state index in [9.17, 15) is 0 Å². The molecule has 0 heterocycles. The van der Waals surface area contributed by atoms with Crippen molar-refractivity contribution in [2.24, 2.45) is 0 Å². The first-order valence-corrected chi connectivity index (χ1v) is 8.62. The van der Waals surface area contributed by atoms with Crippen LogP contribution in [0.3, 0.4) is 0 Å². The molecule has 0 saturated carbocycles. The van der Waals surface area contributed by atoms with Crippen LogP contribution in [0, 0.1) is 6.08 Å². The summed E-state index contributed by atoms with van der Waals surface area (Å²) in [6.45, 7) is 2.28. The van der Waals surface area contributed by atoms with Crippen LogP contribution in [0.4, 0.5) is 0 Å². The van der Waals surface area contributed by atoms with E-state index in [1.165, 1.54) is 35.1 Å². The van der Waals surface area contributed by atoms with E-state index in [1.54, 1.807) is 5.30 Å². The van der Waals surface area contributed by atoms with Crippen molar-refractivity contribution < 1.29 is 51.0 Å². The Balaban J connectivity index is 0.00000147. The van der Waals surface area contributed by atoms with Crippen molar-refractivity contribution in [3.05, 3.63) is 59.9 Å². The Hall–Kier alpha value is 0.203. The van der Waals surface area contributed by atoms with Gasteiger partial charge in [0, 0.05) is 0 Å². The fraction of sp³-hybridized carbons (Fsp3) is 0.278. The van der Waals surface area contributed by atoms with Gasteiger partial charge in [-0.2, -0.15) is 12.1 Å². The third-order valence-electron chi connectivity index (χ3n) is 3.65. The summed E-state index contributed by atoms with van der Waals surface area (Å²) >= 11 is 0. The molecule has 0 aromatic heterocycles. The minimum atomic E-state index is -0.207. The molecule has 1 aliphatic rings. The molecule has 0 bridgehead atoms. The van der Waals surface area contributed by atoms with Crippen molar-refractivity contribution >= 4 is 24.0 Å². The molecule has 0 spiro atoms. The first kappa shape index (κ1) is 22.2. The molecule has 22 heavy (non-hydrogen) atoms. The summed E-state index contributed by atoms with van der Waals surface area (Å²) in [5, 5.41) is 5.83. The Morgan fingerprint density at radius 3 is 2.64 bits per heavy atom. The summed E-state index contributed by atoms with van der Waals surface area (Å²) in [7, 11) is -0.207. The summed E-state index contributed by atoms with van der Waals surface area (Å²) in [4.78, 5) is 0. The Morgan fingerprint density at radius 1 is 1.18 bits per heavy atom. The summed E-state index contributed by atoms with van der Waals surface area (Å²) in [6, 6.07) is 13.4. The molecule has 1 aliphatic carbocycles. The standard InChI is InChI=1S/C18H19P.2ClH.Zr/c1-2-3-14-19(16-9-5-6-10-16)18-13-12-15-8-4-7-11-17(15)18;;;/h4-5,7-9,11-13H,2-3,6,14H2,1H3;2*1H;/q-2;;;+4/p-2. The Morgan fingerprint density at radius 2 is 1.95 bits per heavy atom. The zero-order valence-corrected chi connectivity index (χ0v) is 17.5. The molecule has 0 radical (unpaired) electrons. The largest absolute Gasteiger partial charge is 4.00 e. The molecule has 0 N–H and O–H groups in total. The maximum atomic E-state index is 3.55. The molecule has 1 unspecified atom stereocenters. The van der Waals surface area contributed by atoms with Crippen molar-refractivity contribution in [3.8, 4) is 0 Å². The average Bonchev–Trinajstić information content (AvgIpc) is 3.09. The molecule has 2 aromatic rings. The molecular formula is C18H19Cl2PZr. The molecule has 4 heteroatoms. The van der Waals surface area contributed by atoms with Crippen LogP contribution in [0.1, 0.15) is 26.2 Å². The van der Waals surface area contributed by atoms with E-state index in [0.29, 0.717) is 0 Å². The molecule has 114 valence electrons. The van der Waals surface area contributed by atoms with Gasteiger partial charge in [0.1, 0.15) is 0 Å². The van der Waals surface area contributed by atoms with Crippen LogP contribution in [-0.2, 0) is 26.2 Å². The third-order valence-corrected chi connectivity index (χ3v) is 6.27. The van der Waals surface area contributed by atoms with Crippen molar-refractivity contribution in [2.75, 3.05) is 6.16 Å². The van der Waals surface area contributed by atoms with Gasteiger partial charge in [0.2, 0.25) is 0 Å². The second kappa shape index (κ2) is 10.9. The van der Waals surface area contributed by atoms with Crippen LogP contribution in [0.2, 0.25) is 0 Å². The zero-order valence-electron chi connectivity index (χ0n) is 12.7. The number of hydrogen-bond donors (Lipinski definition) is 0. The van der Waals surface area contributed by atoms with Gasteiger partial charge < -0.3 is 24.8 Å². The maximum Gasteiger partial charge on any atom is 4.00 e. The number of rotatable bonds is 5. The van der Waals surface area contributed by atoms with E-state index in [1.807, 2.05) is 0 Å². The van der Waals surface area contributed by atoms with Gasteiger partial charge >= 0.3 is 26.2 Å². The number of halogens is 2. The topological polar surface area (TPSA) is 0 Å². The Bertz CT molecular complexity index is 631. The minimum Gasteiger partial charge on any atom is -1.00 e. The van der Waals surface area contributed by atoms with Crippen molar-refractivity contribution in [2.45, 2.75) is 26.2 Å². The number of benzene rings is 1. The Kier molecular flexibility index (Phi) is 11.0. The van der Waals surface area contributed by atoms with Gasteiger partial charge in [-0.25, -0.2) is 11.4 Å². The summed E-state index contributed by atoms with van der Waals surface area (Å²) in [6.07, 6.45) is 13.0. The Labute approximate surface area is 166 Å². The van der Waals surface area contributed by atoms with Crippen LogP contribution in [0.25, 0.3) is 10.8 Å². The minimum absolute atomic E-state index is 0. The second-order valence-electron chi connectivity index (χ2n) is 4.98. The first-order chi connectivity index (χ1) is 9.40. The van der Waals surface area contributed by atoms with Gasteiger partial charge in [-0.15, -0.1) is 54.7 Å². The van der Waals surface area contributed by atoms with Gasteiger partial charge in [0.15, 0.2) is 0 Å². The van der Waals surface area contributed by atoms with E-state index in [-0.39, 0.29) is 58.9 Å². The fourth-order valence-electron chi connectivity index (χ4n) is 2.63. The number of fused-ring (bicyclic) bond motifs is 1. The SMILES string of the molecule is CCCCP(C1=[C-]CC=C1)[c-]1ccc2ccccc21.[Cl-].[Cl-].[Zr+4]. The van der Waals surface area contributed by atoms with E-state index in [2.05, 4.69) is 61.5 Å². The molecular weight excluding hydrogens is 409 g/mol. The first-order valence-electron chi connectivity index (χ1n) is 7.09. The van der Waals surface area contributed by atoms with Gasteiger partial charge in [0.25, 0.3) is 0 Å². The molecule has 0 amide bonds. The maximum absolute atomic E-state index is 3.55. The molecule has 2 aromatic carbocycles. The smallest absolute Gasteiger partial charge is 1.00 e. The quantitative estimate of drug-likeness (QED) is 0.429. The third kappa shape index (κ3) is 4.85. The summed E-state index contributed by atoms with van der Waals surface area (Å²) < 4.78 is 0. The monoisotopic (exact) mass is 426 g/mol. The number of unbranched alkanes of at least 4 members (excludes halogenated alkanes) is 1. The van der Waals surface area contributed by atoms with Crippen molar-refractivity contribution in [3.63, 3.8) is 0 Å². The predicted octanol–water partition coefficient (Wildman–Crippen LogP) is -0.882. The molecule has 1 atom stereocenters. The fourth-order valence-corrected chi connectivity index (χ4v) is 5.32. The van der Waals surface area contributed by atoms with Gasteiger partial charge in [-0.1, -0.05) is 19.4 Å². The predicted molar refractivity (Wildman–Crippen MR) is 86.4 cm³/mol. The van der Waals surface area contributed by atoms with Crippen LogP contribution >= 0.6 is 7.92 Å². The van der Waals surface area contributed by atoms with Crippen molar-refractivity contribution in [1.82, 2.24) is 0 Å². The number of hydrogen-bond acceptors (Lipinski definition) is 0. The molecule has 0 nitrogen and oxygen atoms in total. The van der Waals surface area contributed by atoms with Crippen LogP contribution in [0.15, 0.2) is 53.9 Å². The number of allylic oxidation sites excluding steroid dienone is 4. The van der Waals surface area contributed by atoms with E-state index in [4.69, 9.17) is 0 Å². The molecule has 0 saturated heterocycles. The van der Waals surface area contributed by atoms with Crippen molar-refractivity contribution in [1.29, 1.82) is 0 Å². The molecule has 0 aliphatic heterocycles. The van der Waals surface area contributed by atoms with Gasteiger partial charge in [-0.05, 0) is 12.6 Å².